The second kappa shape index (κ2) is 6.87. The van der Waals surface area contributed by atoms with Crippen molar-refractivity contribution < 1.29 is 14.3 Å². The molecule has 0 N–H and O–H groups in total. The summed E-state index contributed by atoms with van der Waals surface area (Å²) in [4.78, 5) is 8.00. The van der Waals surface area contributed by atoms with Gasteiger partial charge in [-0.2, -0.15) is 0 Å². The van der Waals surface area contributed by atoms with Crippen LogP contribution in [0.1, 0.15) is 5.56 Å². The summed E-state index contributed by atoms with van der Waals surface area (Å²) in [6.07, 6.45) is -0.0625. The van der Waals surface area contributed by atoms with Crippen molar-refractivity contribution in [1.82, 2.24) is 4.90 Å². The number of nitrogens with zero attached hydrogens (tertiary/aromatic N) is 2. The first-order valence-corrected chi connectivity index (χ1v) is 7.89. The van der Waals surface area contributed by atoms with Gasteiger partial charge in [-0.15, -0.1) is 0 Å². The third-order valence-electron chi connectivity index (χ3n) is 3.85. The summed E-state index contributed by atoms with van der Waals surface area (Å²) in [6.45, 7) is 3.82. The lowest BCUT2D eigenvalue weighted by molar-refractivity contribution is -0.104. The molecule has 0 unspecified atom stereocenters. The highest BCUT2D eigenvalue weighted by Crippen LogP contribution is 2.27. The number of methoxy groups -OCH3 is 1. The Morgan fingerprint density at radius 3 is 2.67 bits per heavy atom. The Balaban J connectivity index is 1.79. The largest absolute Gasteiger partial charge is 0.384 e. The predicted molar refractivity (Wildman–Crippen MR) is 83.3 cm³/mol. The van der Waals surface area contributed by atoms with Gasteiger partial charge in [-0.25, -0.2) is 0 Å². The second-order valence-electron chi connectivity index (χ2n) is 5.19. The Morgan fingerprint density at radius 1 is 1.29 bits per heavy atom. The minimum atomic E-state index is -0.0625. The molecule has 0 spiro atoms. The van der Waals surface area contributed by atoms with Crippen LogP contribution in [0.3, 0.4) is 0 Å². The number of ether oxygens (including phenoxy) is 2. The van der Waals surface area contributed by atoms with E-state index in [-0.39, 0.29) is 12.1 Å². The monoisotopic (exact) mass is 354 g/mol. The van der Waals surface area contributed by atoms with Crippen LogP contribution in [-0.4, -0.2) is 56.9 Å². The standard InChI is InChI=1S/C15H19BrN2O3/c1-19-10-13-14(11-2-4-12(16)5-3-11)17-21-15(13)18-6-8-20-9-7-18/h2-5,13,15H,6-10H2,1H3/t13-,15-/m0/s1. The Morgan fingerprint density at radius 2 is 2.00 bits per heavy atom. The second-order valence-corrected chi connectivity index (χ2v) is 6.11. The van der Waals surface area contributed by atoms with E-state index in [9.17, 15) is 0 Å². The molecule has 2 aliphatic heterocycles. The normalized spacial score (nSPS) is 26.5. The molecule has 1 fully saturated rings. The van der Waals surface area contributed by atoms with Crippen LogP contribution < -0.4 is 0 Å². The smallest absolute Gasteiger partial charge is 0.192 e. The van der Waals surface area contributed by atoms with E-state index < -0.39 is 0 Å². The molecular weight excluding hydrogens is 336 g/mol. The number of morpholine rings is 1. The zero-order valence-electron chi connectivity index (χ0n) is 12.0. The van der Waals surface area contributed by atoms with Crippen LogP contribution in [0.2, 0.25) is 0 Å². The minimum absolute atomic E-state index is 0.0625. The first-order valence-electron chi connectivity index (χ1n) is 7.10. The summed E-state index contributed by atoms with van der Waals surface area (Å²) < 4.78 is 11.9. The zero-order valence-corrected chi connectivity index (χ0v) is 13.6. The number of halogens is 1. The summed E-state index contributed by atoms with van der Waals surface area (Å²) in [6, 6.07) is 8.14. The number of benzene rings is 1. The maximum atomic E-state index is 5.72. The molecule has 21 heavy (non-hydrogen) atoms. The van der Waals surface area contributed by atoms with E-state index in [1.54, 1.807) is 7.11 Å². The molecule has 0 aliphatic carbocycles. The van der Waals surface area contributed by atoms with Gasteiger partial charge in [-0.1, -0.05) is 33.2 Å². The Kier molecular flexibility index (Phi) is 4.90. The van der Waals surface area contributed by atoms with Crippen molar-refractivity contribution in [3.63, 3.8) is 0 Å². The van der Waals surface area contributed by atoms with Crippen LogP contribution in [0.5, 0.6) is 0 Å². The van der Waals surface area contributed by atoms with E-state index in [1.165, 1.54) is 0 Å². The Labute approximate surface area is 133 Å². The first kappa shape index (κ1) is 15.0. The molecule has 0 bridgehead atoms. The SMILES string of the molecule is COC[C@H]1C(c2ccc(Br)cc2)=NO[C@@H]1N1CCOCC1. The molecule has 114 valence electrons. The maximum absolute atomic E-state index is 5.72. The Hall–Kier alpha value is -0.950. The fourth-order valence-electron chi connectivity index (χ4n) is 2.77. The Bertz CT molecular complexity index is 500. The lowest BCUT2D eigenvalue weighted by atomic mass is 9.95. The molecule has 6 heteroatoms. The molecule has 1 aromatic rings. The summed E-state index contributed by atoms with van der Waals surface area (Å²) >= 11 is 3.46. The van der Waals surface area contributed by atoms with Crippen LogP contribution in [0.25, 0.3) is 0 Å². The molecule has 2 atom stereocenters. The molecule has 0 amide bonds. The van der Waals surface area contributed by atoms with E-state index >= 15 is 0 Å². The van der Waals surface area contributed by atoms with Crippen molar-refractivity contribution in [2.45, 2.75) is 6.23 Å². The zero-order chi connectivity index (χ0) is 14.7. The topological polar surface area (TPSA) is 43.3 Å². The molecule has 3 rings (SSSR count). The number of rotatable bonds is 4. The quantitative estimate of drug-likeness (QED) is 0.830. The van der Waals surface area contributed by atoms with E-state index in [0.29, 0.717) is 6.61 Å². The summed E-state index contributed by atoms with van der Waals surface area (Å²) in [7, 11) is 1.72. The van der Waals surface area contributed by atoms with Crippen LogP contribution in [0, 0.1) is 5.92 Å². The highest BCUT2D eigenvalue weighted by Gasteiger charge is 2.39. The van der Waals surface area contributed by atoms with Gasteiger partial charge in [-0.3, -0.25) is 4.90 Å². The van der Waals surface area contributed by atoms with Crippen LogP contribution in [0.4, 0.5) is 0 Å². The number of hydrogen-bond acceptors (Lipinski definition) is 5. The third-order valence-corrected chi connectivity index (χ3v) is 4.37. The molecule has 0 aromatic heterocycles. The van der Waals surface area contributed by atoms with Crippen LogP contribution in [0.15, 0.2) is 33.9 Å². The lowest BCUT2D eigenvalue weighted by Gasteiger charge is -2.33. The van der Waals surface area contributed by atoms with E-state index in [0.717, 1.165) is 42.1 Å². The fraction of sp³-hybridized carbons (Fsp3) is 0.533. The van der Waals surface area contributed by atoms with Gasteiger partial charge in [0.2, 0.25) is 0 Å². The fourth-order valence-corrected chi connectivity index (χ4v) is 3.03. The molecule has 0 radical (unpaired) electrons. The molecule has 2 aliphatic rings. The summed E-state index contributed by atoms with van der Waals surface area (Å²) in [5.74, 6) is 0.120. The third kappa shape index (κ3) is 3.29. The van der Waals surface area contributed by atoms with Crippen molar-refractivity contribution in [1.29, 1.82) is 0 Å². The summed E-state index contributed by atoms with van der Waals surface area (Å²) in [5.41, 5.74) is 2.04. The predicted octanol–water partition coefficient (Wildman–Crippen LogP) is 2.10. The number of oxime groups is 1. The molecule has 1 aromatic carbocycles. The number of hydrogen-bond donors (Lipinski definition) is 0. The van der Waals surface area contributed by atoms with Gasteiger partial charge in [0.15, 0.2) is 6.23 Å². The van der Waals surface area contributed by atoms with E-state index in [2.05, 4.69) is 38.1 Å². The van der Waals surface area contributed by atoms with Crippen molar-refractivity contribution in [2.75, 3.05) is 40.0 Å². The lowest BCUT2D eigenvalue weighted by Crippen LogP contribution is -2.48. The molecule has 1 saturated heterocycles. The van der Waals surface area contributed by atoms with Gasteiger partial charge in [0.1, 0.15) is 0 Å². The maximum Gasteiger partial charge on any atom is 0.192 e. The molecule has 0 saturated carbocycles. The van der Waals surface area contributed by atoms with Crippen molar-refractivity contribution in [2.24, 2.45) is 11.1 Å². The van der Waals surface area contributed by atoms with Gasteiger partial charge >= 0.3 is 0 Å². The van der Waals surface area contributed by atoms with Crippen molar-refractivity contribution in [3.8, 4) is 0 Å². The van der Waals surface area contributed by atoms with Crippen LogP contribution >= 0.6 is 15.9 Å². The van der Waals surface area contributed by atoms with Crippen molar-refractivity contribution >= 4 is 21.6 Å². The summed E-state index contributed by atoms with van der Waals surface area (Å²) in [5, 5.41) is 4.33. The molecular formula is C15H19BrN2O3. The van der Waals surface area contributed by atoms with Crippen molar-refractivity contribution in [3.05, 3.63) is 34.3 Å². The van der Waals surface area contributed by atoms with Gasteiger partial charge in [0.25, 0.3) is 0 Å². The van der Waals surface area contributed by atoms with Crippen LogP contribution in [-0.2, 0) is 14.3 Å². The van der Waals surface area contributed by atoms with E-state index in [1.807, 2.05) is 12.1 Å². The van der Waals surface area contributed by atoms with Gasteiger partial charge < -0.3 is 14.3 Å². The highest BCUT2D eigenvalue weighted by atomic mass is 79.9. The van der Waals surface area contributed by atoms with E-state index in [4.69, 9.17) is 14.3 Å². The molecule has 2 heterocycles. The van der Waals surface area contributed by atoms with Gasteiger partial charge in [0, 0.05) is 24.7 Å². The minimum Gasteiger partial charge on any atom is -0.384 e. The van der Waals surface area contributed by atoms with Gasteiger partial charge in [0.05, 0.1) is 31.5 Å². The average molecular weight is 355 g/mol. The average Bonchev–Trinajstić information content (AvgIpc) is 2.93. The first-order chi connectivity index (χ1) is 10.3. The van der Waals surface area contributed by atoms with Gasteiger partial charge in [-0.05, 0) is 17.7 Å². The molecule has 5 nitrogen and oxygen atoms in total. The highest BCUT2D eigenvalue weighted by molar-refractivity contribution is 9.10.